The van der Waals surface area contributed by atoms with Crippen LogP contribution in [0, 0.1) is 4.77 Å². The molecule has 0 spiro atoms. The molecule has 1 heterocycles. The Morgan fingerprint density at radius 1 is 1.25 bits per heavy atom. The lowest BCUT2D eigenvalue weighted by atomic mass is 10.2. The van der Waals surface area contributed by atoms with Gasteiger partial charge in [0.1, 0.15) is 5.82 Å². The largest absolute Gasteiger partial charge is 0.465 e. The van der Waals surface area contributed by atoms with Crippen LogP contribution in [0.25, 0.3) is 11.4 Å². The van der Waals surface area contributed by atoms with Crippen molar-refractivity contribution in [2.24, 2.45) is 0 Å². The van der Waals surface area contributed by atoms with Gasteiger partial charge in [0.15, 0.2) is 0 Å². The molecule has 16 heavy (non-hydrogen) atoms. The Kier molecular flexibility index (Phi) is 3.26. The molecule has 5 heteroatoms. The van der Waals surface area contributed by atoms with Crippen LogP contribution in [-0.2, 0) is 0 Å². The number of H-pyrrole nitrogens is 1. The van der Waals surface area contributed by atoms with Gasteiger partial charge in [0.25, 0.3) is 6.01 Å². The molecule has 0 bridgehead atoms. The minimum absolute atomic E-state index is 0.279. The summed E-state index contributed by atoms with van der Waals surface area (Å²) >= 11 is 4.98. The smallest absolute Gasteiger partial charge is 0.297 e. The summed E-state index contributed by atoms with van der Waals surface area (Å²) in [6.45, 7) is 2.43. The summed E-state index contributed by atoms with van der Waals surface area (Å²) in [5, 5.41) is 0. The van der Waals surface area contributed by atoms with E-state index in [1.165, 1.54) is 0 Å². The molecular weight excluding hydrogens is 222 g/mol. The van der Waals surface area contributed by atoms with Crippen molar-refractivity contribution in [1.29, 1.82) is 0 Å². The van der Waals surface area contributed by atoms with Gasteiger partial charge in [0.2, 0.25) is 4.77 Å². The number of nitrogens with one attached hydrogen (secondary N) is 1. The Labute approximate surface area is 98.3 Å². The first-order chi connectivity index (χ1) is 7.79. The Hall–Kier alpha value is -1.75. The highest BCUT2D eigenvalue weighted by atomic mass is 32.1. The van der Waals surface area contributed by atoms with Gasteiger partial charge in [-0.3, -0.25) is 4.98 Å². The van der Waals surface area contributed by atoms with Crippen LogP contribution in [0.5, 0.6) is 6.01 Å². The topological polar surface area (TPSA) is 50.8 Å². The summed E-state index contributed by atoms with van der Waals surface area (Å²) in [5.74, 6) is 0.670. The van der Waals surface area contributed by atoms with Crippen LogP contribution in [0.15, 0.2) is 30.3 Å². The van der Waals surface area contributed by atoms with E-state index in [0.717, 1.165) is 5.56 Å². The van der Waals surface area contributed by atoms with Crippen LogP contribution in [-0.4, -0.2) is 21.6 Å². The van der Waals surface area contributed by atoms with E-state index in [2.05, 4.69) is 15.0 Å². The third-order valence-corrected chi connectivity index (χ3v) is 2.14. The quantitative estimate of drug-likeness (QED) is 0.828. The van der Waals surface area contributed by atoms with Crippen molar-refractivity contribution in [2.75, 3.05) is 6.61 Å². The van der Waals surface area contributed by atoms with E-state index in [0.29, 0.717) is 18.4 Å². The number of aromatic nitrogens is 3. The van der Waals surface area contributed by atoms with Crippen LogP contribution in [0.4, 0.5) is 0 Å². The lowest BCUT2D eigenvalue weighted by Gasteiger charge is -2.04. The van der Waals surface area contributed by atoms with E-state index in [1.54, 1.807) is 0 Å². The summed E-state index contributed by atoms with van der Waals surface area (Å²) in [4.78, 5) is 11.1. The van der Waals surface area contributed by atoms with Gasteiger partial charge in [-0.15, -0.1) is 0 Å². The monoisotopic (exact) mass is 233 g/mol. The average Bonchev–Trinajstić information content (AvgIpc) is 2.30. The number of aromatic amines is 1. The zero-order valence-corrected chi connectivity index (χ0v) is 9.62. The summed E-state index contributed by atoms with van der Waals surface area (Å²) in [5.41, 5.74) is 0.956. The second kappa shape index (κ2) is 4.85. The van der Waals surface area contributed by atoms with Crippen LogP contribution >= 0.6 is 12.2 Å². The minimum Gasteiger partial charge on any atom is -0.465 e. The molecule has 0 saturated carbocycles. The average molecular weight is 233 g/mol. The van der Waals surface area contributed by atoms with Gasteiger partial charge in [-0.1, -0.05) is 30.3 Å². The maximum absolute atomic E-state index is 5.28. The number of hydrogen-bond donors (Lipinski definition) is 1. The SMILES string of the molecule is CCOc1nc(=S)nc(-c2ccccc2)[nH]1. The first kappa shape index (κ1) is 10.8. The van der Waals surface area contributed by atoms with Crippen molar-refractivity contribution in [1.82, 2.24) is 15.0 Å². The molecule has 82 valence electrons. The van der Waals surface area contributed by atoms with Gasteiger partial charge >= 0.3 is 0 Å². The molecular formula is C11H11N3OS. The Balaban J connectivity index is 2.45. The normalized spacial score (nSPS) is 10.1. The van der Waals surface area contributed by atoms with Crippen molar-refractivity contribution < 1.29 is 4.74 Å². The zero-order chi connectivity index (χ0) is 11.4. The number of ether oxygens (including phenoxy) is 1. The van der Waals surface area contributed by atoms with E-state index in [4.69, 9.17) is 17.0 Å². The van der Waals surface area contributed by atoms with Gasteiger partial charge in [-0.05, 0) is 19.1 Å². The summed E-state index contributed by atoms with van der Waals surface area (Å²) in [7, 11) is 0. The Morgan fingerprint density at radius 3 is 2.69 bits per heavy atom. The molecule has 4 nitrogen and oxygen atoms in total. The zero-order valence-electron chi connectivity index (χ0n) is 8.80. The number of rotatable bonds is 3. The molecule has 0 atom stereocenters. The van der Waals surface area contributed by atoms with Crippen molar-refractivity contribution in [2.45, 2.75) is 6.92 Å². The van der Waals surface area contributed by atoms with E-state index in [9.17, 15) is 0 Å². The standard InChI is InChI=1S/C11H11N3OS/c1-2-15-10-12-9(13-11(16)14-10)8-6-4-3-5-7-8/h3-7H,2H2,1H3,(H,12,13,14,16). The van der Waals surface area contributed by atoms with Gasteiger partial charge in [0.05, 0.1) is 6.61 Å². The van der Waals surface area contributed by atoms with E-state index in [1.807, 2.05) is 37.3 Å². The van der Waals surface area contributed by atoms with Gasteiger partial charge < -0.3 is 4.74 Å². The highest BCUT2D eigenvalue weighted by Gasteiger charge is 2.02. The molecule has 0 aliphatic rings. The van der Waals surface area contributed by atoms with Crippen molar-refractivity contribution in [3.05, 3.63) is 35.1 Å². The van der Waals surface area contributed by atoms with Crippen LogP contribution in [0.1, 0.15) is 6.92 Å². The molecule has 0 radical (unpaired) electrons. The van der Waals surface area contributed by atoms with E-state index < -0.39 is 0 Å². The van der Waals surface area contributed by atoms with E-state index in [-0.39, 0.29) is 4.77 Å². The molecule has 0 aliphatic heterocycles. The first-order valence-corrected chi connectivity index (χ1v) is 5.37. The number of benzene rings is 1. The van der Waals surface area contributed by atoms with Gasteiger partial charge in [-0.2, -0.15) is 4.98 Å². The molecule has 0 saturated heterocycles. The number of hydrogen-bond acceptors (Lipinski definition) is 4. The van der Waals surface area contributed by atoms with Crippen LogP contribution < -0.4 is 4.74 Å². The van der Waals surface area contributed by atoms with Crippen molar-refractivity contribution in [3.8, 4) is 17.4 Å². The maximum atomic E-state index is 5.28. The molecule has 0 amide bonds. The fourth-order valence-electron chi connectivity index (χ4n) is 1.30. The summed E-state index contributed by atoms with van der Waals surface area (Å²) in [6.07, 6.45) is 0. The molecule has 0 unspecified atom stereocenters. The third-order valence-electron chi connectivity index (χ3n) is 1.96. The van der Waals surface area contributed by atoms with Gasteiger partial charge in [-0.25, -0.2) is 4.98 Å². The van der Waals surface area contributed by atoms with Crippen LogP contribution in [0.3, 0.4) is 0 Å². The van der Waals surface area contributed by atoms with Crippen molar-refractivity contribution in [3.63, 3.8) is 0 Å². The molecule has 2 aromatic rings. The van der Waals surface area contributed by atoms with E-state index >= 15 is 0 Å². The predicted octanol–water partition coefficient (Wildman–Crippen LogP) is 2.60. The number of nitrogens with zero attached hydrogens (tertiary/aromatic N) is 2. The Morgan fingerprint density at radius 2 is 2.00 bits per heavy atom. The first-order valence-electron chi connectivity index (χ1n) is 4.96. The lowest BCUT2D eigenvalue weighted by molar-refractivity contribution is 0.311. The molecule has 2 rings (SSSR count). The summed E-state index contributed by atoms with van der Waals surface area (Å²) < 4.78 is 5.55. The van der Waals surface area contributed by atoms with Crippen LogP contribution in [0.2, 0.25) is 0 Å². The molecule has 0 fully saturated rings. The second-order valence-corrected chi connectivity index (χ2v) is 3.45. The van der Waals surface area contributed by atoms with Crippen molar-refractivity contribution >= 4 is 12.2 Å². The fraction of sp³-hybridized carbons (Fsp3) is 0.182. The molecule has 1 aromatic carbocycles. The second-order valence-electron chi connectivity index (χ2n) is 3.08. The summed E-state index contributed by atoms with van der Waals surface area (Å²) in [6, 6.07) is 10.1. The third kappa shape index (κ3) is 2.43. The molecule has 1 N–H and O–H groups in total. The highest BCUT2D eigenvalue weighted by Crippen LogP contribution is 2.15. The Bertz CT molecular complexity index is 524. The minimum atomic E-state index is 0.279. The molecule has 1 aromatic heterocycles. The fourth-order valence-corrected chi connectivity index (χ4v) is 1.48. The van der Waals surface area contributed by atoms with Gasteiger partial charge in [0, 0.05) is 5.56 Å². The lowest BCUT2D eigenvalue weighted by Crippen LogP contribution is -2.01. The highest BCUT2D eigenvalue weighted by molar-refractivity contribution is 7.71. The predicted molar refractivity (Wildman–Crippen MR) is 63.8 cm³/mol. The maximum Gasteiger partial charge on any atom is 0.297 e. The molecule has 0 aliphatic carbocycles.